The lowest BCUT2D eigenvalue weighted by molar-refractivity contribution is 0.600. The molecule has 4 aromatic rings. The molecule has 0 spiro atoms. The number of likely N-dealkylation sites (N-methyl/N-ethyl adjacent to an activating group) is 1. The number of benzene rings is 1. The van der Waals surface area contributed by atoms with Crippen LogP contribution in [-0.4, -0.2) is 54.5 Å². The van der Waals surface area contributed by atoms with Crippen LogP contribution in [0.25, 0.3) is 11.0 Å². The highest BCUT2D eigenvalue weighted by molar-refractivity contribution is 7.91. The summed E-state index contributed by atoms with van der Waals surface area (Å²) in [5, 5.41) is 1.02. The van der Waals surface area contributed by atoms with Crippen LogP contribution in [0.1, 0.15) is 12.0 Å². The van der Waals surface area contributed by atoms with E-state index in [-0.39, 0.29) is 11.8 Å². The molecule has 5 rings (SSSR count). The molecular weight excluding hydrogens is 438 g/mol. The summed E-state index contributed by atoms with van der Waals surface area (Å²) in [6, 6.07) is 15.0. The van der Waals surface area contributed by atoms with Crippen LogP contribution in [0.15, 0.2) is 67.3 Å². The van der Waals surface area contributed by atoms with Gasteiger partial charge in [-0.25, -0.2) is 23.4 Å². The van der Waals surface area contributed by atoms with E-state index in [1.807, 2.05) is 43.6 Å². The van der Waals surface area contributed by atoms with Crippen molar-refractivity contribution in [1.82, 2.24) is 19.9 Å². The molecule has 1 saturated heterocycles. The van der Waals surface area contributed by atoms with Gasteiger partial charge in [-0.2, -0.15) is 0 Å². The van der Waals surface area contributed by atoms with E-state index in [2.05, 4.69) is 34.5 Å². The van der Waals surface area contributed by atoms with Crippen LogP contribution in [0.4, 0.5) is 17.3 Å². The highest BCUT2D eigenvalue weighted by atomic mass is 32.2. The van der Waals surface area contributed by atoms with E-state index in [1.54, 1.807) is 30.7 Å². The van der Waals surface area contributed by atoms with Gasteiger partial charge < -0.3 is 14.8 Å². The Labute approximate surface area is 192 Å². The number of H-pyrrole nitrogens is 1. The number of nitrogens with one attached hydrogen (secondary N) is 2. The van der Waals surface area contributed by atoms with Crippen molar-refractivity contribution in [3.05, 3.63) is 72.8 Å². The Balaban J connectivity index is 1.23. The average Bonchev–Trinajstić information content (AvgIpc) is 3.49. The highest BCUT2D eigenvalue weighted by Crippen LogP contribution is 2.28. The van der Waals surface area contributed by atoms with E-state index in [0.717, 1.165) is 47.7 Å². The minimum absolute atomic E-state index is 0.0785. The van der Waals surface area contributed by atoms with E-state index in [1.165, 1.54) is 0 Å². The van der Waals surface area contributed by atoms with E-state index >= 15 is 0 Å². The Kier molecular flexibility index (Phi) is 5.59. The van der Waals surface area contributed by atoms with Crippen molar-refractivity contribution in [3.8, 4) is 0 Å². The number of hydrogen-bond donors (Lipinski definition) is 2. The summed E-state index contributed by atoms with van der Waals surface area (Å²) in [6.07, 6.45) is 6.00. The number of sulfonamides is 1. The first-order valence-corrected chi connectivity index (χ1v) is 12.4. The number of fused-ring (bicyclic) bond motifs is 1. The van der Waals surface area contributed by atoms with Crippen molar-refractivity contribution in [2.24, 2.45) is 0 Å². The Hall–Kier alpha value is -3.66. The molecule has 1 aliphatic heterocycles. The van der Waals surface area contributed by atoms with Crippen LogP contribution in [-0.2, 0) is 15.8 Å². The number of aromatic nitrogens is 4. The quantitative estimate of drug-likeness (QED) is 0.434. The molecule has 0 aliphatic carbocycles. The van der Waals surface area contributed by atoms with Crippen LogP contribution in [0.5, 0.6) is 0 Å². The number of anilines is 3. The van der Waals surface area contributed by atoms with Gasteiger partial charge in [0.15, 0.2) is 0 Å². The van der Waals surface area contributed by atoms with Gasteiger partial charge in [-0.15, -0.1) is 0 Å². The molecule has 0 radical (unpaired) electrons. The second kappa shape index (κ2) is 8.70. The van der Waals surface area contributed by atoms with Crippen molar-refractivity contribution in [2.45, 2.75) is 18.2 Å². The summed E-state index contributed by atoms with van der Waals surface area (Å²) in [7, 11) is -1.50. The Morgan fingerprint density at radius 2 is 1.97 bits per heavy atom. The SMILES string of the molecule is CN(c1ccc(NS(=O)(=O)Cc2ccccc2)cn1)[C@@H]1CCN(c2ncnc3[nH]ccc23)C1. The minimum atomic E-state index is -3.51. The number of rotatable bonds is 7. The Bertz CT molecular complexity index is 1340. The zero-order valence-electron chi connectivity index (χ0n) is 18.2. The maximum absolute atomic E-state index is 12.5. The molecule has 4 heterocycles. The zero-order valence-corrected chi connectivity index (χ0v) is 19.0. The predicted molar refractivity (Wildman–Crippen MR) is 130 cm³/mol. The average molecular weight is 464 g/mol. The van der Waals surface area contributed by atoms with Crippen molar-refractivity contribution < 1.29 is 8.42 Å². The normalized spacial score (nSPS) is 16.3. The van der Waals surface area contributed by atoms with Gasteiger partial charge in [-0.05, 0) is 30.2 Å². The van der Waals surface area contributed by atoms with Gasteiger partial charge in [-0.3, -0.25) is 4.72 Å². The largest absolute Gasteiger partial charge is 0.355 e. The number of aromatic amines is 1. The molecule has 1 aromatic carbocycles. The molecule has 0 bridgehead atoms. The summed E-state index contributed by atoms with van der Waals surface area (Å²) in [4.78, 5) is 20.8. The predicted octanol–water partition coefficient (Wildman–Crippen LogP) is 3.01. The van der Waals surface area contributed by atoms with Crippen LogP contribution in [0.3, 0.4) is 0 Å². The van der Waals surface area contributed by atoms with Crippen molar-refractivity contribution in [1.29, 1.82) is 0 Å². The van der Waals surface area contributed by atoms with Crippen LogP contribution in [0, 0.1) is 0 Å². The third-order valence-electron chi connectivity index (χ3n) is 5.93. The first-order chi connectivity index (χ1) is 16.0. The van der Waals surface area contributed by atoms with E-state index in [9.17, 15) is 8.42 Å². The first-order valence-electron chi connectivity index (χ1n) is 10.7. The zero-order chi connectivity index (χ0) is 22.8. The fourth-order valence-electron chi connectivity index (χ4n) is 4.21. The third-order valence-corrected chi connectivity index (χ3v) is 7.19. The monoisotopic (exact) mass is 463 g/mol. The van der Waals surface area contributed by atoms with Crippen LogP contribution in [0.2, 0.25) is 0 Å². The fraction of sp³-hybridized carbons (Fsp3) is 0.261. The molecule has 1 fully saturated rings. The van der Waals surface area contributed by atoms with Crippen molar-refractivity contribution in [2.75, 3.05) is 34.7 Å². The summed E-state index contributed by atoms with van der Waals surface area (Å²) < 4.78 is 27.6. The molecule has 0 unspecified atom stereocenters. The fourth-order valence-corrected chi connectivity index (χ4v) is 5.40. The maximum Gasteiger partial charge on any atom is 0.236 e. The lowest BCUT2D eigenvalue weighted by atomic mass is 10.2. The standard InChI is InChI=1S/C23H25N7O2S/c1-29(19-10-12-30(14-19)23-20-9-11-24-22(20)26-16-27-23)21-8-7-18(13-25-21)28-33(31,32)15-17-5-3-2-4-6-17/h2-9,11,13,16,19,28H,10,12,14-15H2,1H3,(H,24,26,27)/t19-/m1/s1. The molecule has 0 amide bonds. The van der Waals surface area contributed by atoms with Crippen molar-refractivity contribution >= 4 is 38.4 Å². The van der Waals surface area contributed by atoms with Gasteiger partial charge in [0.2, 0.25) is 10.0 Å². The highest BCUT2D eigenvalue weighted by Gasteiger charge is 2.28. The Morgan fingerprint density at radius 1 is 1.12 bits per heavy atom. The first kappa shape index (κ1) is 21.2. The summed E-state index contributed by atoms with van der Waals surface area (Å²) in [5.41, 5.74) is 2.02. The third kappa shape index (κ3) is 4.61. The van der Waals surface area contributed by atoms with Crippen LogP contribution < -0.4 is 14.5 Å². The topological polar surface area (TPSA) is 107 Å². The molecule has 33 heavy (non-hydrogen) atoms. The number of nitrogens with zero attached hydrogens (tertiary/aromatic N) is 5. The summed E-state index contributed by atoms with van der Waals surface area (Å²) >= 11 is 0. The lowest BCUT2D eigenvalue weighted by Crippen LogP contribution is -2.35. The summed E-state index contributed by atoms with van der Waals surface area (Å²) in [5.74, 6) is 1.65. The molecule has 3 aromatic heterocycles. The smallest absolute Gasteiger partial charge is 0.236 e. The van der Waals surface area contributed by atoms with Crippen LogP contribution >= 0.6 is 0 Å². The van der Waals surface area contributed by atoms with E-state index in [0.29, 0.717) is 5.69 Å². The Morgan fingerprint density at radius 3 is 2.76 bits per heavy atom. The number of hydrogen-bond acceptors (Lipinski definition) is 7. The molecular formula is C23H25N7O2S. The van der Waals surface area contributed by atoms with Gasteiger partial charge in [0.1, 0.15) is 23.6 Å². The molecule has 10 heteroatoms. The van der Waals surface area contributed by atoms with E-state index < -0.39 is 10.0 Å². The summed E-state index contributed by atoms with van der Waals surface area (Å²) in [6.45, 7) is 1.71. The van der Waals surface area contributed by atoms with Gasteiger partial charge in [0, 0.05) is 32.4 Å². The van der Waals surface area contributed by atoms with Gasteiger partial charge in [-0.1, -0.05) is 30.3 Å². The molecule has 9 nitrogen and oxygen atoms in total. The number of pyridine rings is 1. The molecule has 0 saturated carbocycles. The second-order valence-electron chi connectivity index (χ2n) is 8.19. The molecule has 1 aliphatic rings. The molecule has 2 N–H and O–H groups in total. The van der Waals surface area contributed by atoms with Crippen molar-refractivity contribution in [3.63, 3.8) is 0 Å². The maximum atomic E-state index is 12.5. The minimum Gasteiger partial charge on any atom is -0.355 e. The second-order valence-corrected chi connectivity index (χ2v) is 9.91. The van der Waals surface area contributed by atoms with E-state index in [4.69, 9.17) is 0 Å². The lowest BCUT2D eigenvalue weighted by Gasteiger charge is -2.26. The van der Waals surface area contributed by atoms with Gasteiger partial charge in [0.05, 0.1) is 23.0 Å². The van der Waals surface area contributed by atoms with Gasteiger partial charge >= 0.3 is 0 Å². The van der Waals surface area contributed by atoms with Gasteiger partial charge in [0.25, 0.3) is 0 Å². The molecule has 1 atom stereocenters. The molecule has 170 valence electrons.